The van der Waals surface area contributed by atoms with Gasteiger partial charge >= 0.3 is 0 Å². The molecule has 36 heavy (non-hydrogen) atoms. The summed E-state index contributed by atoms with van der Waals surface area (Å²) in [7, 11) is 1.85. The molecule has 1 aliphatic heterocycles. The number of aldehydes is 1. The summed E-state index contributed by atoms with van der Waals surface area (Å²) in [5, 5.41) is 6.77. The zero-order valence-corrected chi connectivity index (χ0v) is 21.9. The first-order valence-electron chi connectivity index (χ1n) is 12.9. The van der Waals surface area contributed by atoms with Gasteiger partial charge in [-0.15, -0.1) is 0 Å². The maximum Gasteiger partial charge on any atom is 0.150 e. The molecule has 2 unspecified atom stereocenters. The summed E-state index contributed by atoms with van der Waals surface area (Å²) in [6, 6.07) is 27.2. The van der Waals surface area contributed by atoms with Gasteiger partial charge in [0.1, 0.15) is 6.29 Å². The number of nitrogens with two attached hydrogens (primary N) is 1. The second-order valence-corrected chi connectivity index (χ2v) is 10.7. The molecule has 1 aliphatic carbocycles. The molecule has 1 heterocycles. The van der Waals surface area contributed by atoms with Gasteiger partial charge < -0.3 is 16.4 Å². The van der Waals surface area contributed by atoms with E-state index in [0.29, 0.717) is 6.04 Å². The number of piperidine rings is 1. The van der Waals surface area contributed by atoms with Crippen molar-refractivity contribution < 1.29 is 4.79 Å². The molecule has 5 nitrogen and oxygen atoms in total. The Hall–Kier alpha value is -2.80. The van der Waals surface area contributed by atoms with Crippen LogP contribution in [0.15, 0.2) is 78.9 Å². The van der Waals surface area contributed by atoms with Gasteiger partial charge in [-0.25, -0.2) is 0 Å². The zero-order chi connectivity index (χ0) is 25.2. The van der Waals surface area contributed by atoms with Crippen LogP contribution in [-0.2, 0) is 5.75 Å². The van der Waals surface area contributed by atoms with Crippen molar-refractivity contribution in [2.75, 3.05) is 37.7 Å². The fourth-order valence-corrected chi connectivity index (χ4v) is 5.63. The molecule has 1 saturated carbocycles. The van der Waals surface area contributed by atoms with Crippen LogP contribution in [0.5, 0.6) is 0 Å². The summed E-state index contributed by atoms with van der Waals surface area (Å²) in [6.45, 7) is 3.52. The Morgan fingerprint density at radius 1 is 0.972 bits per heavy atom. The van der Waals surface area contributed by atoms with Crippen LogP contribution in [0.2, 0.25) is 0 Å². The topological polar surface area (TPSA) is 70.4 Å². The molecule has 0 radical (unpaired) electrons. The van der Waals surface area contributed by atoms with E-state index < -0.39 is 0 Å². The van der Waals surface area contributed by atoms with Crippen LogP contribution >= 0.6 is 11.9 Å². The van der Waals surface area contributed by atoms with Crippen LogP contribution in [0, 0.1) is 5.92 Å². The lowest BCUT2D eigenvalue weighted by Gasteiger charge is -2.31. The van der Waals surface area contributed by atoms with Crippen LogP contribution in [0.1, 0.15) is 46.7 Å². The molecular formula is C30H38N4OS. The third-order valence-electron chi connectivity index (χ3n) is 7.02. The molecule has 190 valence electrons. The van der Waals surface area contributed by atoms with E-state index in [0.717, 1.165) is 40.8 Å². The normalized spacial score (nSPS) is 19.7. The van der Waals surface area contributed by atoms with Gasteiger partial charge in [-0.3, -0.25) is 9.10 Å². The first-order valence-corrected chi connectivity index (χ1v) is 13.8. The molecule has 5 rings (SSSR count). The van der Waals surface area contributed by atoms with Crippen molar-refractivity contribution >= 4 is 29.6 Å². The second kappa shape index (κ2) is 13.5. The quantitative estimate of drug-likeness (QED) is 0.195. The smallest absolute Gasteiger partial charge is 0.150 e. The first kappa shape index (κ1) is 26.3. The van der Waals surface area contributed by atoms with Crippen molar-refractivity contribution in [3.63, 3.8) is 0 Å². The van der Waals surface area contributed by atoms with Gasteiger partial charge in [-0.05, 0) is 55.0 Å². The molecule has 2 atom stereocenters. The molecule has 0 spiro atoms. The van der Waals surface area contributed by atoms with Crippen LogP contribution in [0.3, 0.4) is 0 Å². The Balaban J connectivity index is 0.000000286. The number of anilines is 2. The number of carbonyl (C=O) groups is 1. The Morgan fingerprint density at radius 3 is 2.31 bits per heavy atom. The second-order valence-electron chi connectivity index (χ2n) is 9.61. The minimum Gasteiger partial charge on any atom is -0.397 e. The maximum atomic E-state index is 10.7. The lowest BCUT2D eigenvalue weighted by Crippen LogP contribution is -2.34. The Labute approximate surface area is 220 Å². The van der Waals surface area contributed by atoms with E-state index in [1.165, 1.54) is 50.0 Å². The first-order chi connectivity index (χ1) is 17.7. The summed E-state index contributed by atoms with van der Waals surface area (Å²) in [6.07, 6.45) is 4.76. The van der Waals surface area contributed by atoms with Crippen LogP contribution < -0.4 is 16.4 Å². The van der Waals surface area contributed by atoms with E-state index in [2.05, 4.69) is 57.4 Å². The lowest BCUT2D eigenvalue weighted by molar-refractivity contribution is 0.112. The summed E-state index contributed by atoms with van der Waals surface area (Å²) < 4.78 is 2.51. The molecule has 0 amide bonds. The zero-order valence-electron chi connectivity index (χ0n) is 21.1. The van der Waals surface area contributed by atoms with Crippen molar-refractivity contribution in [1.82, 2.24) is 9.62 Å². The predicted octanol–water partition coefficient (Wildman–Crippen LogP) is 5.82. The summed E-state index contributed by atoms with van der Waals surface area (Å²) >= 11 is 1.92. The number of hydrogen-bond donors (Lipinski definition) is 3. The molecule has 3 aromatic carbocycles. The summed E-state index contributed by atoms with van der Waals surface area (Å²) in [4.78, 5) is 10.7. The summed E-state index contributed by atoms with van der Waals surface area (Å²) in [5.41, 5.74) is 10.9. The van der Waals surface area contributed by atoms with Crippen molar-refractivity contribution in [2.45, 2.75) is 37.0 Å². The minimum atomic E-state index is 0.689. The van der Waals surface area contributed by atoms with E-state index >= 15 is 0 Å². The van der Waals surface area contributed by atoms with Gasteiger partial charge in [0, 0.05) is 43.4 Å². The number of hydrogen-bond acceptors (Lipinski definition) is 6. The van der Waals surface area contributed by atoms with Gasteiger partial charge in [-0.2, -0.15) is 0 Å². The van der Waals surface area contributed by atoms with E-state index in [1.54, 1.807) is 0 Å². The Bertz CT molecular complexity index is 1070. The highest BCUT2D eigenvalue weighted by atomic mass is 32.2. The Morgan fingerprint density at radius 2 is 1.67 bits per heavy atom. The highest BCUT2D eigenvalue weighted by Crippen LogP contribution is 2.40. The average molecular weight is 503 g/mol. The number of nitrogens with zero attached hydrogens (tertiary/aromatic N) is 1. The van der Waals surface area contributed by atoms with Gasteiger partial charge in [0.15, 0.2) is 0 Å². The van der Waals surface area contributed by atoms with Gasteiger partial charge in [0.05, 0.1) is 11.4 Å². The molecular weight excluding hydrogens is 464 g/mol. The van der Waals surface area contributed by atoms with Crippen molar-refractivity contribution in [3.05, 3.63) is 95.6 Å². The van der Waals surface area contributed by atoms with Crippen LogP contribution in [-0.4, -0.2) is 43.3 Å². The fourth-order valence-electron chi connectivity index (χ4n) is 4.63. The number of carbonyl (C=O) groups excluding carboxylic acids is 1. The molecule has 3 aromatic rings. The fraction of sp³-hybridized carbons (Fsp3) is 0.367. The van der Waals surface area contributed by atoms with E-state index in [-0.39, 0.29) is 0 Å². The van der Waals surface area contributed by atoms with Crippen LogP contribution in [0.25, 0.3) is 0 Å². The van der Waals surface area contributed by atoms with Crippen molar-refractivity contribution in [1.29, 1.82) is 0 Å². The number of nitrogens with one attached hydrogen (secondary N) is 2. The molecule has 0 bridgehead atoms. The maximum absolute atomic E-state index is 10.7. The molecule has 6 heteroatoms. The minimum absolute atomic E-state index is 0.689. The number of rotatable bonds is 9. The molecule has 2 fully saturated rings. The number of benzene rings is 3. The predicted molar refractivity (Wildman–Crippen MR) is 153 cm³/mol. The van der Waals surface area contributed by atoms with Gasteiger partial charge in [0.2, 0.25) is 0 Å². The molecule has 0 aromatic heterocycles. The van der Waals surface area contributed by atoms with Crippen molar-refractivity contribution in [3.8, 4) is 0 Å². The summed E-state index contributed by atoms with van der Waals surface area (Å²) in [5.74, 6) is 2.53. The number of nitrogen functional groups attached to an aromatic ring is 1. The standard InChI is InChI=1S/C23H28N2OS.C7H10N2/c26-16-19-6-8-20(9-7-19)17-27-25-12-10-18(11-13-25)15-24-23-14-22(23)21-4-2-1-3-5-21;1-9-7-5-3-2-4-6(7)8/h1-9,16,18,22-24H,10-15,17H2;2-5,9H,8H2,1H3. The third kappa shape index (κ3) is 7.85. The third-order valence-corrected chi connectivity index (χ3v) is 8.21. The number of para-hydroxylation sites is 2. The monoisotopic (exact) mass is 502 g/mol. The lowest BCUT2D eigenvalue weighted by atomic mass is 9.98. The molecule has 4 N–H and O–H groups in total. The van der Waals surface area contributed by atoms with Crippen molar-refractivity contribution in [2.24, 2.45) is 5.92 Å². The van der Waals surface area contributed by atoms with E-state index in [4.69, 9.17) is 5.73 Å². The molecule has 2 aliphatic rings. The average Bonchev–Trinajstić information content (AvgIpc) is 3.73. The highest BCUT2D eigenvalue weighted by Gasteiger charge is 2.38. The highest BCUT2D eigenvalue weighted by molar-refractivity contribution is 7.96. The van der Waals surface area contributed by atoms with Crippen LogP contribution in [0.4, 0.5) is 11.4 Å². The van der Waals surface area contributed by atoms with Gasteiger partial charge in [-0.1, -0.05) is 78.7 Å². The van der Waals surface area contributed by atoms with E-state index in [1.807, 2.05) is 55.4 Å². The molecule has 1 saturated heterocycles. The van der Waals surface area contributed by atoms with E-state index in [9.17, 15) is 4.79 Å². The Kier molecular flexibility index (Phi) is 9.84. The largest absolute Gasteiger partial charge is 0.397 e. The SMILES string of the molecule is CNc1ccccc1N.O=Cc1ccc(CSN2CCC(CNC3CC3c3ccccc3)CC2)cc1. The van der Waals surface area contributed by atoms with Gasteiger partial charge in [0.25, 0.3) is 0 Å².